The highest BCUT2D eigenvalue weighted by molar-refractivity contribution is 5.81. The minimum Gasteiger partial charge on any atom is -0.445 e. The van der Waals surface area contributed by atoms with Crippen molar-refractivity contribution in [2.24, 2.45) is 5.73 Å². The van der Waals surface area contributed by atoms with E-state index < -0.39 is 12.1 Å². The Kier molecular flexibility index (Phi) is 8.52. The minimum absolute atomic E-state index is 0.165. The second-order valence-corrected chi connectivity index (χ2v) is 5.17. The Morgan fingerprint density at radius 1 is 1.17 bits per heavy atom. The molecule has 0 radical (unpaired) electrons. The zero-order chi connectivity index (χ0) is 17.1. The largest absolute Gasteiger partial charge is 0.445 e. The van der Waals surface area contributed by atoms with Crippen molar-refractivity contribution in [3.05, 3.63) is 29.8 Å². The fraction of sp³-hybridized carbons (Fsp3) is 0.500. The standard InChI is InChI=1S/C16H26N4O3/c1-18-13-8-6-12(7-9-13)11-23-16(22)20-10-4-3-5-14(17)15(21)19-2/h6-9,14,18H,3-5,10-11,17H2,1-2H3,(H,19,21)(H,20,22). The fourth-order valence-corrected chi connectivity index (χ4v) is 1.96. The number of ether oxygens (including phenoxy) is 1. The number of rotatable bonds is 9. The van der Waals surface area contributed by atoms with Gasteiger partial charge < -0.3 is 26.4 Å². The maximum atomic E-state index is 11.6. The van der Waals surface area contributed by atoms with Crippen molar-refractivity contribution in [1.29, 1.82) is 0 Å². The van der Waals surface area contributed by atoms with E-state index in [2.05, 4.69) is 16.0 Å². The highest BCUT2D eigenvalue weighted by atomic mass is 16.5. The van der Waals surface area contributed by atoms with Gasteiger partial charge in [-0.1, -0.05) is 12.1 Å². The van der Waals surface area contributed by atoms with Gasteiger partial charge in [0.2, 0.25) is 5.91 Å². The highest BCUT2D eigenvalue weighted by Gasteiger charge is 2.10. The van der Waals surface area contributed by atoms with Crippen molar-refractivity contribution in [3.63, 3.8) is 0 Å². The molecule has 0 saturated heterocycles. The number of benzene rings is 1. The van der Waals surface area contributed by atoms with Crippen molar-refractivity contribution in [1.82, 2.24) is 10.6 Å². The van der Waals surface area contributed by atoms with E-state index in [-0.39, 0.29) is 12.5 Å². The fourth-order valence-electron chi connectivity index (χ4n) is 1.96. The Morgan fingerprint density at radius 3 is 2.48 bits per heavy atom. The first-order valence-electron chi connectivity index (χ1n) is 7.71. The third-order valence-corrected chi connectivity index (χ3v) is 3.41. The molecule has 0 heterocycles. The summed E-state index contributed by atoms with van der Waals surface area (Å²) in [6.45, 7) is 0.732. The predicted octanol–water partition coefficient (Wildman–Crippen LogP) is 1.20. The Hall–Kier alpha value is -2.28. The summed E-state index contributed by atoms with van der Waals surface area (Å²) >= 11 is 0. The van der Waals surface area contributed by atoms with Gasteiger partial charge in [-0.15, -0.1) is 0 Å². The van der Waals surface area contributed by atoms with Gasteiger partial charge in [-0.2, -0.15) is 0 Å². The Bertz CT molecular complexity index is 491. The van der Waals surface area contributed by atoms with E-state index in [1.165, 1.54) is 0 Å². The van der Waals surface area contributed by atoms with Gasteiger partial charge in [0, 0.05) is 26.3 Å². The number of nitrogens with one attached hydrogen (secondary N) is 3. The Morgan fingerprint density at radius 2 is 1.87 bits per heavy atom. The molecule has 0 aliphatic rings. The summed E-state index contributed by atoms with van der Waals surface area (Å²) in [5, 5.41) is 8.21. The number of nitrogens with two attached hydrogens (primary N) is 1. The van der Waals surface area contributed by atoms with Crippen molar-refractivity contribution in [2.45, 2.75) is 31.9 Å². The average molecular weight is 322 g/mol. The zero-order valence-electron chi connectivity index (χ0n) is 13.7. The van der Waals surface area contributed by atoms with Crippen LogP contribution in [-0.4, -0.2) is 38.7 Å². The third kappa shape index (κ3) is 7.51. The van der Waals surface area contributed by atoms with Crippen LogP contribution in [0.15, 0.2) is 24.3 Å². The lowest BCUT2D eigenvalue weighted by atomic mass is 10.1. The van der Waals surface area contributed by atoms with Gasteiger partial charge in [0.15, 0.2) is 0 Å². The molecule has 7 heteroatoms. The van der Waals surface area contributed by atoms with E-state index in [0.29, 0.717) is 13.0 Å². The van der Waals surface area contributed by atoms with Crippen molar-refractivity contribution < 1.29 is 14.3 Å². The summed E-state index contributed by atoms with van der Waals surface area (Å²) in [7, 11) is 3.41. The van der Waals surface area contributed by atoms with Gasteiger partial charge >= 0.3 is 6.09 Å². The molecule has 0 aromatic heterocycles. The van der Waals surface area contributed by atoms with E-state index >= 15 is 0 Å². The van der Waals surface area contributed by atoms with E-state index in [0.717, 1.165) is 24.1 Å². The monoisotopic (exact) mass is 322 g/mol. The first-order chi connectivity index (χ1) is 11.1. The van der Waals surface area contributed by atoms with Gasteiger partial charge in [-0.05, 0) is 37.0 Å². The summed E-state index contributed by atoms with van der Waals surface area (Å²) in [4.78, 5) is 22.8. The molecule has 0 fully saturated rings. The molecule has 5 N–H and O–H groups in total. The van der Waals surface area contributed by atoms with Gasteiger partial charge in [0.25, 0.3) is 0 Å². The second-order valence-electron chi connectivity index (χ2n) is 5.17. The van der Waals surface area contributed by atoms with Gasteiger partial charge in [-0.25, -0.2) is 4.79 Å². The number of likely N-dealkylation sites (N-methyl/N-ethyl adjacent to an activating group) is 1. The van der Waals surface area contributed by atoms with Crippen LogP contribution < -0.4 is 21.7 Å². The number of hydrogen-bond donors (Lipinski definition) is 4. The lowest BCUT2D eigenvalue weighted by Gasteiger charge is -2.10. The normalized spacial score (nSPS) is 11.4. The molecule has 1 unspecified atom stereocenters. The molecule has 0 spiro atoms. The molecular weight excluding hydrogens is 296 g/mol. The van der Waals surface area contributed by atoms with Crippen LogP contribution in [0.2, 0.25) is 0 Å². The molecule has 0 aliphatic carbocycles. The van der Waals surface area contributed by atoms with E-state index in [1.54, 1.807) is 7.05 Å². The number of carbonyl (C=O) groups is 2. The molecule has 2 amide bonds. The van der Waals surface area contributed by atoms with Gasteiger partial charge in [-0.3, -0.25) is 4.79 Å². The molecule has 7 nitrogen and oxygen atoms in total. The van der Waals surface area contributed by atoms with Crippen molar-refractivity contribution >= 4 is 17.7 Å². The number of alkyl carbamates (subject to hydrolysis) is 1. The SMILES string of the molecule is CNC(=O)C(N)CCCCNC(=O)OCc1ccc(NC)cc1. The van der Waals surface area contributed by atoms with Crippen molar-refractivity contribution in [3.8, 4) is 0 Å². The van der Waals surface area contributed by atoms with Crippen LogP contribution in [0.25, 0.3) is 0 Å². The Labute approximate surface area is 137 Å². The number of unbranched alkanes of at least 4 members (excludes halogenated alkanes) is 1. The number of hydrogen-bond acceptors (Lipinski definition) is 5. The second kappa shape index (κ2) is 10.4. The quantitative estimate of drug-likeness (QED) is 0.511. The van der Waals surface area contributed by atoms with Gasteiger partial charge in [0.1, 0.15) is 6.61 Å². The van der Waals surface area contributed by atoms with E-state index in [1.807, 2.05) is 31.3 Å². The van der Waals surface area contributed by atoms with Crippen LogP contribution in [-0.2, 0) is 16.1 Å². The molecule has 1 atom stereocenters. The zero-order valence-corrected chi connectivity index (χ0v) is 13.7. The third-order valence-electron chi connectivity index (χ3n) is 3.41. The van der Waals surface area contributed by atoms with Gasteiger partial charge in [0.05, 0.1) is 6.04 Å². The lowest BCUT2D eigenvalue weighted by Crippen LogP contribution is -2.38. The lowest BCUT2D eigenvalue weighted by molar-refractivity contribution is -0.122. The van der Waals surface area contributed by atoms with Crippen LogP contribution in [0.3, 0.4) is 0 Å². The van der Waals surface area contributed by atoms with E-state index in [9.17, 15) is 9.59 Å². The number of amides is 2. The first-order valence-corrected chi connectivity index (χ1v) is 7.71. The van der Waals surface area contributed by atoms with Crippen molar-refractivity contribution in [2.75, 3.05) is 26.0 Å². The smallest absolute Gasteiger partial charge is 0.407 e. The molecule has 23 heavy (non-hydrogen) atoms. The first kappa shape index (κ1) is 18.8. The molecule has 128 valence electrons. The summed E-state index contributed by atoms with van der Waals surface area (Å²) in [5.74, 6) is -0.165. The molecule has 0 aliphatic heterocycles. The van der Waals surface area contributed by atoms with Crippen LogP contribution in [0, 0.1) is 0 Å². The molecular formula is C16H26N4O3. The molecule has 1 rings (SSSR count). The molecule has 1 aromatic rings. The predicted molar refractivity (Wildman–Crippen MR) is 90.1 cm³/mol. The number of carbonyl (C=O) groups excluding carboxylic acids is 2. The topological polar surface area (TPSA) is 105 Å². The number of anilines is 1. The summed E-state index contributed by atoms with van der Waals surface area (Å²) < 4.78 is 5.13. The maximum absolute atomic E-state index is 11.6. The molecule has 1 aromatic carbocycles. The Balaban J connectivity index is 2.11. The molecule has 0 saturated carbocycles. The van der Waals surface area contributed by atoms with E-state index in [4.69, 9.17) is 10.5 Å². The van der Waals surface area contributed by atoms with Crippen LogP contribution in [0.5, 0.6) is 0 Å². The summed E-state index contributed by atoms with van der Waals surface area (Å²) in [5.41, 5.74) is 7.61. The minimum atomic E-state index is -0.493. The summed E-state index contributed by atoms with van der Waals surface area (Å²) in [6.07, 6.45) is 1.66. The van der Waals surface area contributed by atoms with Crippen LogP contribution >= 0.6 is 0 Å². The van der Waals surface area contributed by atoms with Crippen LogP contribution in [0.1, 0.15) is 24.8 Å². The molecule has 0 bridgehead atoms. The maximum Gasteiger partial charge on any atom is 0.407 e. The van der Waals surface area contributed by atoms with Crippen LogP contribution in [0.4, 0.5) is 10.5 Å². The summed E-state index contributed by atoms with van der Waals surface area (Å²) in [6, 6.07) is 7.16. The highest BCUT2D eigenvalue weighted by Crippen LogP contribution is 2.09. The average Bonchev–Trinajstić information content (AvgIpc) is 2.59.